The van der Waals surface area contributed by atoms with Gasteiger partial charge in [0.05, 0.1) is 0 Å². The lowest BCUT2D eigenvalue weighted by Gasteiger charge is -2.55. The maximum atomic E-state index is 13.0. The average molecular weight is 412 g/mol. The van der Waals surface area contributed by atoms with Gasteiger partial charge in [-0.15, -0.1) is 0 Å². The van der Waals surface area contributed by atoms with Crippen molar-refractivity contribution in [3.8, 4) is 0 Å². The molecular weight excluding hydrogens is 374 g/mol. The average Bonchev–Trinajstić information content (AvgIpc) is 2.71. The van der Waals surface area contributed by atoms with Crippen LogP contribution in [0.25, 0.3) is 0 Å². The van der Waals surface area contributed by atoms with Gasteiger partial charge in [-0.2, -0.15) is 0 Å². The Hall–Kier alpha value is -1.88. The van der Waals surface area contributed by atoms with Crippen LogP contribution in [0.1, 0.15) is 63.0 Å². The Morgan fingerprint density at radius 2 is 1.67 bits per heavy atom. The summed E-state index contributed by atoms with van der Waals surface area (Å²) in [6.07, 6.45) is 7.57. The number of carbonyl (C=O) groups excluding carboxylic acids is 2. The monoisotopic (exact) mass is 411 g/mol. The first-order chi connectivity index (χ1) is 14.5. The number of hydrogen-bond acceptors (Lipinski definition) is 3. The molecule has 4 saturated carbocycles. The van der Waals surface area contributed by atoms with E-state index in [0.717, 1.165) is 55.7 Å². The molecule has 4 fully saturated rings. The summed E-state index contributed by atoms with van der Waals surface area (Å²) in [5, 5.41) is 6.10. The molecule has 0 radical (unpaired) electrons. The molecule has 0 saturated heterocycles. The smallest absolute Gasteiger partial charge is 0.226 e. The molecule has 0 unspecified atom stereocenters. The number of nitrogens with one attached hydrogen (secondary N) is 2. The van der Waals surface area contributed by atoms with Crippen molar-refractivity contribution in [3.63, 3.8) is 0 Å². The maximum absolute atomic E-state index is 13.0. The fourth-order valence-corrected chi connectivity index (χ4v) is 6.42. The lowest BCUT2D eigenvalue weighted by atomic mass is 9.49. The summed E-state index contributed by atoms with van der Waals surface area (Å²) < 4.78 is 0. The lowest BCUT2D eigenvalue weighted by molar-refractivity contribution is -0.146. The molecule has 5 nitrogen and oxygen atoms in total. The van der Waals surface area contributed by atoms with Gasteiger partial charge in [0.2, 0.25) is 11.8 Å². The molecule has 2 amide bonds. The fraction of sp³-hybridized carbons (Fsp3) is 0.680. The van der Waals surface area contributed by atoms with Gasteiger partial charge in [0.25, 0.3) is 0 Å². The van der Waals surface area contributed by atoms with Crippen molar-refractivity contribution in [1.82, 2.24) is 15.5 Å². The van der Waals surface area contributed by atoms with Crippen molar-refractivity contribution in [3.05, 3.63) is 35.4 Å². The molecule has 4 aliphatic carbocycles. The summed E-state index contributed by atoms with van der Waals surface area (Å²) >= 11 is 0. The molecular formula is C25H37N3O2. The maximum Gasteiger partial charge on any atom is 0.226 e. The third-order valence-electron chi connectivity index (χ3n) is 7.63. The van der Waals surface area contributed by atoms with Gasteiger partial charge < -0.3 is 15.5 Å². The molecule has 4 aliphatic rings. The van der Waals surface area contributed by atoms with Crippen LogP contribution in [-0.2, 0) is 22.7 Å². The van der Waals surface area contributed by atoms with Gasteiger partial charge in [-0.1, -0.05) is 31.2 Å². The minimum absolute atomic E-state index is 0.00288. The Labute approximate surface area is 181 Å². The number of nitrogens with zero attached hydrogens (tertiary/aromatic N) is 1. The van der Waals surface area contributed by atoms with E-state index in [1.807, 2.05) is 12.1 Å². The van der Waals surface area contributed by atoms with Gasteiger partial charge in [-0.3, -0.25) is 9.59 Å². The fourth-order valence-electron chi connectivity index (χ4n) is 6.42. The van der Waals surface area contributed by atoms with Gasteiger partial charge in [0, 0.05) is 31.5 Å². The van der Waals surface area contributed by atoms with Crippen molar-refractivity contribution in [2.75, 3.05) is 20.1 Å². The van der Waals surface area contributed by atoms with E-state index in [1.54, 1.807) is 0 Å². The van der Waals surface area contributed by atoms with Crippen molar-refractivity contribution in [1.29, 1.82) is 0 Å². The largest absolute Gasteiger partial charge is 0.355 e. The number of carbonyl (C=O) groups is 2. The number of rotatable bonds is 9. The molecule has 2 N–H and O–H groups in total. The molecule has 0 aromatic heterocycles. The van der Waals surface area contributed by atoms with E-state index in [-0.39, 0.29) is 17.2 Å². The van der Waals surface area contributed by atoms with Gasteiger partial charge in [-0.05, 0) is 81.0 Å². The zero-order valence-corrected chi connectivity index (χ0v) is 18.6. The van der Waals surface area contributed by atoms with Crippen LogP contribution in [0.15, 0.2) is 24.3 Å². The molecule has 0 heterocycles. The van der Waals surface area contributed by atoms with Crippen LogP contribution in [0.3, 0.4) is 0 Å². The van der Waals surface area contributed by atoms with Gasteiger partial charge in [0.15, 0.2) is 0 Å². The van der Waals surface area contributed by atoms with Crippen LogP contribution in [0, 0.1) is 23.2 Å². The highest BCUT2D eigenvalue weighted by atomic mass is 16.2. The Morgan fingerprint density at radius 3 is 2.30 bits per heavy atom. The third kappa shape index (κ3) is 4.88. The molecule has 30 heavy (non-hydrogen) atoms. The van der Waals surface area contributed by atoms with E-state index in [2.05, 4.69) is 41.6 Å². The van der Waals surface area contributed by atoms with E-state index in [1.165, 1.54) is 24.8 Å². The number of benzene rings is 1. The highest BCUT2D eigenvalue weighted by Crippen LogP contribution is 2.60. The first kappa shape index (κ1) is 21.4. The third-order valence-corrected chi connectivity index (χ3v) is 7.63. The van der Waals surface area contributed by atoms with Crippen molar-refractivity contribution in [2.45, 2.75) is 65.0 Å². The first-order valence-corrected chi connectivity index (χ1v) is 11.8. The second-order valence-corrected chi connectivity index (χ2v) is 10.1. The van der Waals surface area contributed by atoms with Crippen LogP contribution in [0.5, 0.6) is 0 Å². The van der Waals surface area contributed by atoms with Crippen molar-refractivity contribution < 1.29 is 9.59 Å². The van der Waals surface area contributed by atoms with E-state index in [0.29, 0.717) is 19.5 Å². The summed E-state index contributed by atoms with van der Waals surface area (Å²) in [6.45, 7) is 5.04. The summed E-state index contributed by atoms with van der Waals surface area (Å²) in [7, 11) is 2.10. The Bertz CT molecular complexity index is 740. The van der Waals surface area contributed by atoms with E-state index < -0.39 is 0 Å². The highest BCUT2D eigenvalue weighted by molar-refractivity contribution is 5.84. The lowest BCUT2D eigenvalue weighted by Crippen LogP contribution is -2.53. The van der Waals surface area contributed by atoms with E-state index in [9.17, 15) is 9.59 Å². The second kappa shape index (κ2) is 9.09. The van der Waals surface area contributed by atoms with Gasteiger partial charge >= 0.3 is 0 Å². The Balaban J connectivity index is 1.19. The zero-order valence-electron chi connectivity index (χ0n) is 18.6. The second-order valence-electron chi connectivity index (χ2n) is 10.1. The topological polar surface area (TPSA) is 61.4 Å². The summed E-state index contributed by atoms with van der Waals surface area (Å²) in [5.41, 5.74) is 2.24. The van der Waals surface area contributed by atoms with Gasteiger partial charge in [0.1, 0.15) is 0 Å². The molecule has 1 aromatic carbocycles. The number of amides is 2. The minimum atomic E-state index is -0.128. The highest BCUT2D eigenvalue weighted by Gasteiger charge is 2.54. The molecule has 5 rings (SSSR count). The van der Waals surface area contributed by atoms with E-state index >= 15 is 0 Å². The Kier molecular flexibility index (Phi) is 6.47. The molecule has 0 aliphatic heterocycles. The van der Waals surface area contributed by atoms with Crippen molar-refractivity contribution >= 4 is 11.8 Å². The summed E-state index contributed by atoms with van der Waals surface area (Å²) in [4.78, 5) is 27.5. The van der Waals surface area contributed by atoms with Crippen LogP contribution in [0.2, 0.25) is 0 Å². The van der Waals surface area contributed by atoms with Crippen molar-refractivity contribution in [2.24, 2.45) is 23.2 Å². The van der Waals surface area contributed by atoms with E-state index in [4.69, 9.17) is 0 Å². The first-order valence-electron chi connectivity index (χ1n) is 11.8. The van der Waals surface area contributed by atoms with Crippen LogP contribution in [0.4, 0.5) is 0 Å². The molecule has 5 heteroatoms. The SMILES string of the molecule is CCN(C)Cc1cccc(CNC(=O)CCNC(=O)C23CC4CC(CC(C4)C2)C3)c1. The number of hydrogen-bond donors (Lipinski definition) is 2. The molecule has 1 aromatic rings. The Morgan fingerprint density at radius 1 is 1.03 bits per heavy atom. The quantitative estimate of drug-likeness (QED) is 0.654. The molecule has 0 atom stereocenters. The van der Waals surface area contributed by atoms with Crippen LogP contribution < -0.4 is 10.6 Å². The normalized spacial score (nSPS) is 29.2. The predicted octanol–water partition coefficient (Wildman–Crippen LogP) is 3.48. The zero-order chi connectivity index (χ0) is 21.1. The van der Waals surface area contributed by atoms with Crippen LogP contribution >= 0.6 is 0 Å². The summed E-state index contributed by atoms with van der Waals surface area (Å²) in [5.74, 6) is 2.49. The minimum Gasteiger partial charge on any atom is -0.355 e. The summed E-state index contributed by atoms with van der Waals surface area (Å²) in [6, 6.07) is 8.37. The molecule has 0 spiro atoms. The predicted molar refractivity (Wildman–Crippen MR) is 119 cm³/mol. The molecule has 164 valence electrons. The molecule has 4 bridgehead atoms. The van der Waals surface area contributed by atoms with Gasteiger partial charge in [-0.25, -0.2) is 0 Å². The van der Waals surface area contributed by atoms with Crippen LogP contribution in [-0.4, -0.2) is 36.9 Å². The standard InChI is InChI=1S/C25H37N3O2/c1-3-28(2)17-19-6-4-5-18(9-19)16-27-23(29)7-8-26-24(30)25-13-20-10-21(14-25)12-22(11-20)15-25/h4-6,9,20-22H,3,7-8,10-17H2,1-2H3,(H,26,30)(H,27,29).